The first-order valence-electron chi connectivity index (χ1n) is 18.4. The highest BCUT2D eigenvalue weighted by molar-refractivity contribution is 7.52. The predicted molar refractivity (Wildman–Crippen MR) is 199 cm³/mol. The topological polar surface area (TPSA) is 224 Å². The summed E-state index contributed by atoms with van der Waals surface area (Å²) in [5.41, 5.74) is 5.43. The molecule has 302 valence electrons. The van der Waals surface area contributed by atoms with Gasteiger partial charge in [-0.25, -0.2) is 14.1 Å². The number of ether oxygens (including phenoxy) is 5. The number of morpholine rings is 1. The van der Waals surface area contributed by atoms with E-state index in [2.05, 4.69) is 20.1 Å². The predicted octanol–water partition coefficient (Wildman–Crippen LogP) is 2.17. The minimum Gasteiger partial charge on any atom is -0.623 e. The number of fused-ring (bicyclic) bond motifs is 1. The quantitative estimate of drug-likeness (QED) is 0.0339. The Morgan fingerprint density at radius 3 is 2.47 bits per heavy atom. The van der Waals surface area contributed by atoms with Crippen molar-refractivity contribution in [2.75, 3.05) is 51.8 Å². The van der Waals surface area contributed by atoms with Gasteiger partial charge in [0.05, 0.1) is 44.0 Å². The van der Waals surface area contributed by atoms with Crippen molar-refractivity contribution in [3.8, 4) is 5.75 Å². The lowest BCUT2D eigenvalue weighted by molar-refractivity contribution is -0.393. The molecule has 4 N–H and O–H groups in total. The average molecular weight is 790 g/mol. The third-order valence-corrected chi connectivity index (χ3v) is 10.8. The third-order valence-electron chi connectivity index (χ3n) is 9.16. The van der Waals surface area contributed by atoms with Gasteiger partial charge in [-0.15, -0.1) is 0 Å². The molecule has 1 aromatic carbocycles. The molecular formula is C36H52N7O11P. The Hall–Kier alpha value is -4.32. The van der Waals surface area contributed by atoms with Gasteiger partial charge in [-0.1, -0.05) is 32.0 Å². The van der Waals surface area contributed by atoms with E-state index in [0.29, 0.717) is 30.8 Å². The van der Waals surface area contributed by atoms with Gasteiger partial charge in [-0.3, -0.25) is 19.0 Å². The molecule has 2 aromatic heterocycles. The zero-order valence-corrected chi connectivity index (χ0v) is 32.9. The second-order valence-corrected chi connectivity index (χ2v) is 16.0. The zero-order valence-electron chi connectivity index (χ0n) is 32.0. The number of nitrogens with one attached hydrogen (secondary N) is 2. The fraction of sp³-hybridized carbons (Fsp3) is 0.583. The van der Waals surface area contributed by atoms with Gasteiger partial charge in [0.2, 0.25) is 0 Å². The fourth-order valence-corrected chi connectivity index (χ4v) is 7.67. The van der Waals surface area contributed by atoms with E-state index in [1.165, 1.54) is 17.8 Å². The van der Waals surface area contributed by atoms with E-state index < -0.39 is 68.1 Å². The van der Waals surface area contributed by atoms with Gasteiger partial charge in [0.25, 0.3) is 0 Å². The normalized spacial score (nSPS) is 23.8. The second kappa shape index (κ2) is 18.5. The lowest BCUT2D eigenvalue weighted by atomic mass is 9.95. The van der Waals surface area contributed by atoms with Crippen LogP contribution in [0.15, 0.2) is 48.8 Å². The number of para-hydroxylation sites is 1. The number of carbonyl (C=O) groups excluding carboxylic acids is 2. The van der Waals surface area contributed by atoms with Crippen LogP contribution in [0.3, 0.4) is 0 Å². The van der Waals surface area contributed by atoms with Gasteiger partial charge in [-0.05, 0) is 58.4 Å². The van der Waals surface area contributed by atoms with E-state index in [1.54, 1.807) is 77.1 Å². The Morgan fingerprint density at radius 2 is 1.80 bits per heavy atom. The number of benzene rings is 1. The van der Waals surface area contributed by atoms with Crippen molar-refractivity contribution >= 4 is 36.9 Å². The van der Waals surface area contributed by atoms with Crippen molar-refractivity contribution in [1.29, 1.82) is 0 Å². The van der Waals surface area contributed by atoms with E-state index >= 15 is 0 Å². The number of hydrogen-bond donors (Lipinski definition) is 3. The molecule has 2 aliphatic rings. The van der Waals surface area contributed by atoms with Crippen LogP contribution < -0.4 is 20.5 Å². The number of hydrogen-bond acceptors (Lipinski definition) is 15. The van der Waals surface area contributed by atoms with Crippen molar-refractivity contribution in [2.24, 2.45) is 11.8 Å². The number of carbonyl (C=O) groups is 2. The first kappa shape index (κ1) is 41.8. The molecule has 0 spiro atoms. The molecule has 6 atom stereocenters. The summed E-state index contributed by atoms with van der Waals surface area (Å²) in [6, 6.07) is 10.6. The highest BCUT2D eigenvalue weighted by atomic mass is 31.2. The smallest absolute Gasteiger partial charge is 0.459 e. The summed E-state index contributed by atoms with van der Waals surface area (Å²) in [4.78, 5) is 32.6. The molecule has 0 saturated carbocycles. The van der Waals surface area contributed by atoms with E-state index in [-0.39, 0.29) is 24.1 Å². The lowest BCUT2D eigenvalue weighted by Gasteiger charge is -2.33. The zero-order chi connectivity index (χ0) is 39.8. The van der Waals surface area contributed by atoms with Crippen LogP contribution in [0.2, 0.25) is 0 Å². The van der Waals surface area contributed by atoms with E-state index in [9.17, 15) is 19.4 Å². The van der Waals surface area contributed by atoms with Crippen molar-refractivity contribution < 1.29 is 52.0 Å². The molecule has 55 heavy (non-hydrogen) atoms. The number of aromatic nitrogens is 3. The van der Waals surface area contributed by atoms with Crippen LogP contribution in [0.25, 0.3) is 5.52 Å². The summed E-state index contributed by atoms with van der Waals surface area (Å²) in [5, 5.41) is 21.1. The number of nitrogens with two attached hydrogens (primary N) is 1. The maximum atomic E-state index is 14.6. The van der Waals surface area contributed by atoms with Crippen LogP contribution in [0.5, 0.6) is 5.75 Å². The number of nitrogen functional groups attached to an aromatic ring is 1. The van der Waals surface area contributed by atoms with Crippen LogP contribution >= 0.6 is 7.75 Å². The molecule has 0 radical (unpaired) electrons. The van der Waals surface area contributed by atoms with Crippen LogP contribution in [0, 0.1) is 17.0 Å². The Balaban J connectivity index is 1.43. The van der Waals surface area contributed by atoms with E-state index in [1.807, 2.05) is 5.16 Å². The van der Waals surface area contributed by atoms with Gasteiger partial charge in [0.15, 0.2) is 18.0 Å². The molecule has 0 aliphatic carbocycles. The standard InChI is InChI=1S/C36H52N7O11P/c1-23(2)33(40-46)52-31-30(51-34(44)24(3)4)29(27-13-14-28-32(37)38-22-39-43(27)28)53-36(31,6)21-50-55(47,54-26-11-8-7-9-12-26)41-25(5)35(45)49-18-10-15-42-16-19-48-20-17-42/h7-9,11-14,22-25,29-31,40H,10,15-21H2,1-6H3,(H3-,37,38,39,41,46,47)/b40-33+/t25-,29-,30-,31-,36+,55?/m0/s1. The number of esters is 2. The molecule has 19 heteroatoms. The molecule has 1 unspecified atom stereocenters. The summed E-state index contributed by atoms with van der Waals surface area (Å²) in [7, 11) is -4.43. The lowest BCUT2D eigenvalue weighted by Crippen LogP contribution is -2.69. The Labute approximate surface area is 320 Å². The molecule has 3 aromatic rings. The van der Waals surface area contributed by atoms with Crippen molar-refractivity contribution in [1.82, 2.24) is 24.6 Å². The van der Waals surface area contributed by atoms with Crippen LogP contribution in [-0.2, 0) is 42.4 Å². The molecule has 2 fully saturated rings. The molecule has 0 amide bonds. The second-order valence-electron chi connectivity index (χ2n) is 14.3. The van der Waals surface area contributed by atoms with Crippen LogP contribution in [0.4, 0.5) is 5.82 Å². The average Bonchev–Trinajstić information content (AvgIpc) is 3.71. The van der Waals surface area contributed by atoms with Gasteiger partial charge < -0.3 is 39.1 Å². The Bertz CT molecular complexity index is 1820. The molecular weight excluding hydrogens is 737 g/mol. The first-order chi connectivity index (χ1) is 26.2. The van der Waals surface area contributed by atoms with Gasteiger partial charge in [0.1, 0.15) is 35.3 Å². The molecule has 0 bridgehead atoms. The monoisotopic (exact) mass is 789 g/mol. The van der Waals surface area contributed by atoms with Crippen LogP contribution in [-0.4, -0.2) is 107 Å². The Kier molecular flexibility index (Phi) is 14.1. The molecule has 2 saturated heterocycles. The third kappa shape index (κ3) is 10.5. The SMILES string of the molecule is CC(C)C(=O)O[C@H]1[C@H](c2ccc3c(N)ncnn23)O[C@](C)(COP(=O)(N[C@@H](C)C(=O)OCCCN2CCOCC2)Oc2ccccc2)[C@H]1O/C(=[NH+]/[O-])C(C)C. The molecule has 2 aliphatic heterocycles. The van der Waals surface area contributed by atoms with Crippen molar-refractivity contribution in [3.05, 3.63) is 59.7 Å². The van der Waals surface area contributed by atoms with Gasteiger partial charge in [0, 0.05) is 19.6 Å². The summed E-state index contributed by atoms with van der Waals surface area (Å²) in [5.74, 6) is -1.85. The number of nitrogens with zero attached hydrogens (tertiary/aromatic N) is 4. The minimum atomic E-state index is -4.43. The van der Waals surface area contributed by atoms with E-state index in [0.717, 1.165) is 19.6 Å². The molecule has 5 rings (SSSR count). The minimum absolute atomic E-state index is 0.0653. The van der Waals surface area contributed by atoms with Crippen molar-refractivity contribution in [3.63, 3.8) is 0 Å². The molecule has 4 heterocycles. The summed E-state index contributed by atoms with van der Waals surface area (Å²) >= 11 is 0. The van der Waals surface area contributed by atoms with E-state index in [4.69, 9.17) is 38.5 Å². The highest BCUT2D eigenvalue weighted by Crippen LogP contribution is 2.50. The maximum absolute atomic E-state index is 14.6. The Morgan fingerprint density at radius 1 is 1.07 bits per heavy atom. The largest absolute Gasteiger partial charge is 0.623 e. The first-order valence-corrected chi connectivity index (χ1v) is 19.9. The molecule has 18 nitrogen and oxygen atoms in total. The number of rotatable bonds is 17. The summed E-state index contributed by atoms with van der Waals surface area (Å²) in [6.45, 7) is 13.3. The van der Waals surface area contributed by atoms with Crippen LogP contribution in [0.1, 0.15) is 59.8 Å². The fourth-order valence-electron chi connectivity index (χ4n) is 6.09. The summed E-state index contributed by atoms with van der Waals surface area (Å²) < 4.78 is 58.1. The highest BCUT2D eigenvalue weighted by Gasteiger charge is 2.59. The number of anilines is 1. The summed E-state index contributed by atoms with van der Waals surface area (Å²) in [6.07, 6.45) is -1.59. The van der Waals surface area contributed by atoms with Gasteiger partial charge in [-0.2, -0.15) is 15.3 Å². The maximum Gasteiger partial charge on any atom is 0.459 e. The van der Waals surface area contributed by atoms with Gasteiger partial charge >= 0.3 is 25.6 Å². The van der Waals surface area contributed by atoms with Crippen molar-refractivity contribution in [2.45, 2.75) is 77.9 Å².